The van der Waals surface area contributed by atoms with Gasteiger partial charge in [0.25, 0.3) is 5.91 Å². The highest BCUT2D eigenvalue weighted by Gasteiger charge is 2.20. The Balaban J connectivity index is 1.99. The normalized spacial score (nSPS) is 16.0. The minimum absolute atomic E-state index is 0.0188. The van der Waals surface area contributed by atoms with Gasteiger partial charge in [-0.3, -0.25) is 4.79 Å². The van der Waals surface area contributed by atoms with Crippen molar-refractivity contribution >= 4 is 16.8 Å². The van der Waals surface area contributed by atoms with Crippen molar-refractivity contribution in [1.29, 1.82) is 0 Å². The molecular formula is C15H17FN2O. The Morgan fingerprint density at radius 3 is 2.68 bits per heavy atom. The molecule has 0 saturated carbocycles. The highest BCUT2D eigenvalue weighted by Crippen LogP contribution is 2.23. The van der Waals surface area contributed by atoms with Crippen LogP contribution in [0.15, 0.2) is 18.2 Å². The smallest absolute Gasteiger partial charge is 0.270 e. The number of fused-ring (bicyclic) bond motifs is 1. The minimum Gasteiger partial charge on any atom is -0.350 e. The Morgan fingerprint density at radius 1 is 1.26 bits per heavy atom. The first-order valence-electron chi connectivity index (χ1n) is 6.74. The van der Waals surface area contributed by atoms with Crippen LogP contribution < -0.4 is 0 Å². The second kappa shape index (κ2) is 4.68. The molecule has 1 saturated heterocycles. The van der Waals surface area contributed by atoms with Gasteiger partial charge in [0.2, 0.25) is 0 Å². The zero-order valence-corrected chi connectivity index (χ0v) is 11.0. The number of aryl methyl sites for hydroxylation is 1. The van der Waals surface area contributed by atoms with E-state index in [4.69, 9.17) is 0 Å². The van der Waals surface area contributed by atoms with Gasteiger partial charge in [0.05, 0.1) is 5.52 Å². The van der Waals surface area contributed by atoms with Crippen molar-refractivity contribution in [1.82, 2.24) is 9.88 Å². The molecule has 19 heavy (non-hydrogen) atoms. The van der Waals surface area contributed by atoms with Crippen LogP contribution in [0, 0.1) is 12.7 Å². The number of amides is 1. The summed E-state index contributed by atoms with van der Waals surface area (Å²) in [5, 5.41) is 0.500. The quantitative estimate of drug-likeness (QED) is 0.839. The summed E-state index contributed by atoms with van der Waals surface area (Å²) < 4.78 is 13.7. The molecule has 0 radical (unpaired) electrons. The lowest BCUT2D eigenvalue weighted by atomic mass is 10.1. The van der Waals surface area contributed by atoms with Crippen molar-refractivity contribution in [3.8, 4) is 0 Å². The van der Waals surface area contributed by atoms with Gasteiger partial charge in [0, 0.05) is 18.5 Å². The number of H-pyrrole nitrogens is 1. The lowest BCUT2D eigenvalue weighted by molar-refractivity contribution is 0.0719. The van der Waals surface area contributed by atoms with Gasteiger partial charge in [-0.15, -0.1) is 0 Å². The summed E-state index contributed by atoms with van der Waals surface area (Å²) in [5.41, 5.74) is 2.17. The molecular weight excluding hydrogens is 243 g/mol. The number of benzene rings is 1. The van der Waals surface area contributed by atoms with Crippen LogP contribution in [0.4, 0.5) is 4.39 Å². The molecule has 0 bridgehead atoms. The van der Waals surface area contributed by atoms with Gasteiger partial charge >= 0.3 is 0 Å². The molecule has 3 rings (SSSR count). The van der Waals surface area contributed by atoms with Gasteiger partial charge < -0.3 is 9.88 Å². The topological polar surface area (TPSA) is 36.1 Å². The number of aromatic amines is 1. The maximum atomic E-state index is 13.7. The molecule has 0 atom stereocenters. The van der Waals surface area contributed by atoms with Crippen molar-refractivity contribution < 1.29 is 9.18 Å². The van der Waals surface area contributed by atoms with E-state index in [1.165, 1.54) is 12.5 Å². The number of piperidine rings is 1. The first-order chi connectivity index (χ1) is 9.16. The average Bonchev–Trinajstić information content (AvgIpc) is 2.89. The van der Waals surface area contributed by atoms with Crippen molar-refractivity contribution in [2.24, 2.45) is 0 Å². The van der Waals surface area contributed by atoms with Gasteiger partial charge in [-0.2, -0.15) is 0 Å². The fourth-order valence-electron chi connectivity index (χ4n) is 2.71. The first-order valence-corrected chi connectivity index (χ1v) is 6.74. The van der Waals surface area contributed by atoms with E-state index in [-0.39, 0.29) is 11.7 Å². The molecule has 0 unspecified atom stereocenters. The number of carbonyl (C=O) groups is 1. The summed E-state index contributed by atoms with van der Waals surface area (Å²) in [5.74, 6) is -0.302. The molecule has 0 spiro atoms. The third kappa shape index (κ3) is 2.11. The molecule has 2 aromatic rings. The average molecular weight is 260 g/mol. The molecule has 3 nitrogen and oxygen atoms in total. The molecule has 1 N–H and O–H groups in total. The predicted molar refractivity (Wildman–Crippen MR) is 72.7 cm³/mol. The fraction of sp³-hybridized carbons (Fsp3) is 0.400. The van der Waals surface area contributed by atoms with Crippen LogP contribution in [-0.2, 0) is 0 Å². The molecule has 100 valence electrons. The zero-order chi connectivity index (χ0) is 13.4. The van der Waals surface area contributed by atoms with Crippen LogP contribution in [0.3, 0.4) is 0 Å². The number of aromatic nitrogens is 1. The van der Waals surface area contributed by atoms with Gasteiger partial charge in [0.15, 0.2) is 0 Å². The molecule has 0 aliphatic carbocycles. The standard InChI is InChI=1S/C15H17FN2O/c1-10-5-6-12(16)11-9-13(17-14(10)11)15(19)18-7-3-2-4-8-18/h5-6,9,17H,2-4,7-8H2,1H3. The molecule has 1 aromatic carbocycles. The van der Waals surface area contributed by atoms with E-state index in [0.717, 1.165) is 37.0 Å². The molecule has 1 fully saturated rings. The highest BCUT2D eigenvalue weighted by molar-refractivity contribution is 5.98. The van der Waals surface area contributed by atoms with Gasteiger partial charge in [-0.05, 0) is 43.9 Å². The van der Waals surface area contributed by atoms with Crippen LogP contribution in [-0.4, -0.2) is 28.9 Å². The minimum atomic E-state index is -0.283. The molecule has 4 heteroatoms. The lowest BCUT2D eigenvalue weighted by Crippen LogP contribution is -2.35. The summed E-state index contributed by atoms with van der Waals surface area (Å²) >= 11 is 0. The zero-order valence-electron chi connectivity index (χ0n) is 11.0. The van der Waals surface area contributed by atoms with Gasteiger partial charge in [0.1, 0.15) is 11.5 Å². The van der Waals surface area contributed by atoms with Crippen LogP contribution in [0.25, 0.3) is 10.9 Å². The number of hydrogen-bond donors (Lipinski definition) is 1. The second-order valence-corrected chi connectivity index (χ2v) is 5.19. The Labute approximate surface area is 111 Å². The van der Waals surface area contributed by atoms with E-state index < -0.39 is 0 Å². The predicted octanol–water partition coefficient (Wildman–Crippen LogP) is 3.24. The van der Waals surface area contributed by atoms with Gasteiger partial charge in [-0.1, -0.05) is 6.07 Å². The third-order valence-electron chi connectivity index (χ3n) is 3.82. The Morgan fingerprint density at radius 2 is 2.00 bits per heavy atom. The fourth-order valence-corrected chi connectivity index (χ4v) is 2.71. The molecule has 1 amide bonds. The number of halogens is 1. The third-order valence-corrected chi connectivity index (χ3v) is 3.82. The highest BCUT2D eigenvalue weighted by atomic mass is 19.1. The lowest BCUT2D eigenvalue weighted by Gasteiger charge is -2.26. The largest absolute Gasteiger partial charge is 0.350 e. The first kappa shape index (κ1) is 12.2. The maximum Gasteiger partial charge on any atom is 0.270 e. The summed E-state index contributed by atoms with van der Waals surface area (Å²) in [4.78, 5) is 17.3. The number of carbonyl (C=O) groups excluding carboxylic acids is 1. The number of likely N-dealkylation sites (tertiary alicyclic amines) is 1. The van der Waals surface area contributed by atoms with E-state index in [1.54, 1.807) is 12.1 Å². The Bertz CT molecular complexity index is 587. The van der Waals surface area contributed by atoms with Crippen molar-refractivity contribution in [3.63, 3.8) is 0 Å². The molecule has 1 aliphatic heterocycles. The summed E-state index contributed by atoms with van der Waals surface area (Å²) in [6, 6.07) is 4.80. The SMILES string of the molecule is Cc1ccc(F)c2cc(C(=O)N3CCCCC3)[nH]c12. The Hall–Kier alpha value is -1.84. The van der Waals surface area contributed by atoms with Crippen molar-refractivity contribution in [2.45, 2.75) is 26.2 Å². The van der Waals surface area contributed by atoms with Crippen molar-refractivity contribution in [2.75, 3.05) is 13.1 Å². The van der Waals surface area contributed by atoms with Crippen LogP contribution in [0.1, 0.15) is 35.3 Å². The molecule has 2 heterocycles. The van der Waals surface area contributed by atoms with Crippen LogP contribution >= 0.6 is 0 Å². The molecule has 1 aromatic heterocycles. The van der Waals surface area contributed by atoms with Gasteiger partial charge in [-0.25, -0.2) is 4.39 Å². The number of hydrogen-bond acceptors (Lipinski definition) is 1. The molecule has 1 aliphatic rings. The number of rotatable bonds is 1. The summed E-state index contributed by atoms with van der Waals surface area (Å²) in [6.07, 6.45) is 3.29. The second-order valence-electron chi connectivity index (χ2n) is 5.19. The van der Waals surface area contributed by atoms with Crippen LogP contribution in [0.5, 0.6) is 0 Å². The van der Waals surface area contributed by atoms with Crippen LogP contribution in [0.2, 0.25) is 0 Å². The van der Waals surface area contributed by atoms with E-state index >= 15 is 0 Å². The van der Waals surface area contributed by atoms with E-state index in [1.807, 2.05) is 11.8 Å². The van der Waals surface area contributed by atoms with E-state index in [2.05, 4.69) is 4.98 Å². The summed E-state index contributed by atoms with van der Waals surface area (Å²) in [7, 11) is 0. The monoisotopic (exact) mass is 260 g/mol. The number of nitrogens with zero attached hydrogens (tertiary/aromatic N) is 1. The maximum absolute atomic E-state index is 13.7. The Kier molecular flexibility index (Phi) is 3.01. The van der Waals surface area contributed by atoms with Crippen molar-refractivity contribution in [3.05, 3.63) is 35.3 Å². The summed E-state index contributed by atoms with van der Waals surface area (Å²) in [6.45, 7) is 3.51. The van der Waals surface area contributed by atoms with E-state index in [0.29, 0.717) is 11.1 Å². The number of nitrogens with one attached hydrogen (secondary N) is 1. The van der Waals surface area contributed by atoms with E-state index in [9.17, 15) is 9.18 Å².